The number of aromatic amines is 1. The monoisotopic (exact) mass is 511 g/mol. The van der Waals surface area contributed by atoms with Crippen LogP contribution in [-0.2, 0) is 11.2 Å². The topological polar surface area (TPSA) is 102 Å². The van der Waals surface area contributed by atoms with Gasteiger partial charge < -0.3 is 25.3 Å². The summed E-state index contributed by atoms with van der Waals surface area (Å²) in [6.45, 7) is 2.29. The number of hydrogen-bond acceptors (Lipinski definition) is 7. The van der Waals surface area contributed by atoms with E-state index in [1.165, 1.54) is 18.4 Å². The van der Waals surface area contributed by atoms with Crippen molar-refractivity contribution in [1.82, 2.24) is 15.3 Å². The van der Waals surface area contributed by atoms with Crippen molar-refractivity contribution in [3.05, 3.63) is 71.8 Å². The molecule has 9 nitrogen and oxygen atoms in total. The Bertz CT molecular complexity index is 1520. The van der Waals surface area contributed by atoms with Gasteiger partial charge in [0.15, 0.2) is 5.52 Å². The SMILES string of the molecule is CNCCNc1nc2c([N+](=C=O)C(=O)c3ccc(N4CCCCc5ccccc54)cc3OC)cccc2[nH]1. The molecule has 4 aromatic rings. The Morgan fingerprint density at radius 1 is 1.13 bits per heavy atom. The minimum atomic E-state index is -0.542. The summed E-state index contributed by atoms with van der Waals surface area (Å²) >= 11 is 0. The van der Waals surface area contributed by atoms with Gasteiger partial charge in [0, 0.05) is 43.1 Å². The molecule has 0 saturated carbocycles. The fraction of sp³-hybridized carbons (Fsp3) is 0.276. The van der Waals surface area contributed by atoms with Crippen molar-refractivity contribution < 1.29 is 18.9 Å². The summed E-state index contributed by atoms with van der Waals surface area (Å²) in [5.74, 6) is 0.402. The maximum absolute atomic E-state index is 13.7. The van der Waals surface area contributed by atoms with Gasteiger partial charge in [0.05, 0.1) is 12.6 Å². The molecule has 9 heteroatoms. The van der Waals surface area contributed by atoms with E-state index in [1.54, 1.807) is 24.3 Å². The number of aryl methyl sites for hydroxylation is 1. The molecule has 1 amide bonds. The Morgan fingerprint density at radius 3 is 2.82 bits per heavy atom. The zero-order valence-electron chi connectivity index (χ0n) is 21.6. The van der Waals surface area contributed by atoms with E-state index in [-0.39, 0.29) is 5.56 Å². The van der Waals surface area contributed by atoms with Gasteiger partial charge in [-0.3, -0.25) is 0 Å². The number of rotatable bonds is 8. The summed E-state index contributed by atoms with van der Waals surface area (Å²) in [4.78, 5) is 35.8. The lowest BCUT2D eigenvalue weighted by Gasteiger charge is -2.25. The van der Waals surface area contributed by atoms with Crippen molar-refractivity contribution in [2.24, 2.45) is 0 Å². The van der Waals surface area contributed by atoms with Crippen LogP contribution in [0.3, 0.4) is 0 Å². The number of hydrogen-bond donors (Lipinski definition) is 3. The minimum Gasteiger partial charge on any atom is -0.496 e. The molecule has 1 aliphatic rings. The number of nitrogens with one attached hydrogen (secondary N) is 3. The number of para-hydroxylation sites is 2. The summed E-state index contributed by atoms with van der Waals surface area (Å²) in [6, 6.07) is 19.2. The maximum Gasteiger partial charge on any atom is 0.440 e. The predicted octanol–water partition coefficient (Wildman–Crippen LogP) is 4.50. The van der Waals surface area contributed by atoms with Gasteiger partial charge in [-0.15, -0.1) is 0 Å². The molecule has 0 atom stereocenters. The summed E-state index contributed by atoms with van der Waals surface area (Å²) in [7, 11) is 3.40. The number of likely N-dealkylation sites (N-methyl/N-ethyl adjacent to an activating group) is 1. The molecular weight excluding hydrogens is 480 g/mol. The normalized spacial score (nSPS) is 12.9. The van der Waals surface area contributed by atoms with Gasteiger partial charge in [0.25, 0.3) is 5.69 Å². The van der Waals surface area contributed by atoms with Crippen LogP contribution >= 0.6 is 0 Å². The van der Waals surface area contributed by atoms with E-state index in [9.17, 15) is 9.59 Å². The highest BCUT2D eigenvalue weighted by atomic mass is 16.5. The molecule has 0 fully saturated rings. The van der Waals surface area contributed by atoms with E-state index in [1.807, 2.05) is 31.3 Å². The second kappa shape index (κ2) is 11.3. The second-order valence-corrected chi connectivity index (χ2v) is 9.14. The highest BCUT2D eigenvalue weighted by Gasteiger charge is 2.31. The number of amides is 1. The number of carbonyl (C=O) groups is 1. The van der Waals surface area contributed by atoms with Gasteiger partial charge in [0.1, 0.15) is 11.3 Å². The number of isocyanates is 1. The molecule has 0 spiro atoms. The Kier molecular flexibility index (Phi) is 7.49. The smallest absolute Gasteiger partial charge is 0.440 e. The first-order chi connectivity index (χ1) is 18.6. The Labute approximate surface area is 221 Å². The Hall–Kier alpha value is -4.46. The lowest BCUT2D eigenvalue weighted by Crippen LogP contribution is -2.20. The van der Waals surface area contributed by atoms with Crippen molar-refractivity contribution in [1.29, 1.82) is 0 Å². The van der Waals surface area contributed by atoms with Gasteiger partial charge in [-0.25, -0.2) is 9.78 Å². The van der Waals surface area contributed by atoms with Crippen molar-refractivity contribution in [2.75, 3.05) is 44.0 Å². The van der Waals surface area contributed by atoms with E-state index in [2.05, 4.69) is 43.7 Å². The van der Waals surface area contributed by atoms with Gasteiger partial charge in [-0.2, -0.15) is 4.79 Å². The number of methoxy groups -OCH3 is 1. The minimum absolute atomic E-state index is 0.266. The molecule has 3 N–H and O–H groups in total. The van der Waals surface area contributed by atoms with E-state index in [0.29, 0.717) is 35.0 Å². The summed E-state index contributed by atoms with van der Waals surface area (Å²) in [5.41, 5.74) is 5.20. The van der Waals surface area contributed by atoms with Crippen LogP contribution in [0.1, 0.15) is 28.8 Å². The maximum atomic E-state index is 13.7. The molecule has 0 bridgehead atoms. The van der Waals surface area contributed by atoms with E-state index < -0.39 is 5.91 Å². The number of benzene rings is 3. The van der Waals surface area contributed by atoms with Gasteiger partial charge >= 0.3 is 12.0 Å². The van der Waals surface area contributed by atoms with Crippen LogP contribution in [-0.4, -0.2) is 60.3 Å². The third-order valence-electron chi connectivity index (χ3n) is 6.78. The van der Waals surface area contributed by atoms with Gasteiger partial charge in [0.2, 0.25) is 5.95 Å². The largest absolute Gasteiger partial charge is 0.496 e. The first-order valence-electron chi connectivity index (χ1n) is 12.8. The van der Waals surface area contributed by atoms with Crippen LogP contribution < -0.4 is 20.3 Å². The number of carbonyl (C=O) groups excluding carboxylic acids is 2. The molecule has 1 aromatic heterocycles. The second-order valence-electron chi connectivity index (χ2n) is 9.14. The number of fused-ring (bicyclic) bond motifs is 2. The van der Waals surface area contributed by atoms with Crippen LogP contribution in [0.15, 0.2) is 60.7 Å². The molecule has 38 heavy (non-hydrogen) atoms. The molecule has 3 aromatic carbocycles. The van der Waals surface area contributed by atoms with Crippen molar-refractivity contribution >= 4 is 46.0 Å². The van der Waals surface area contributed by atoms with E-state index in [0.717, 1.165) is 42.6 Å². The molecule has 194 valence electrons. The van der Waals surface area contributed by atoms with Crippen molar-refractivity contribution in [3.63, 3.8) is 0 Å². The van der Waals surface area contributed by atoms with Crippen LogP contribution in [0.2, 0.25) is 0 Å². The molecular formula is C29H31N6O3+. The summed E-state index contributed by atoms with van der Waals surface area (Å²) in [5, 5.41) is 6.26. The molecule has 0 saturated heterocycles. The third-order valence-corrected chi connectivity index (χ3v) is 6.78. The number of imidazole rings is 1. The zero-order chi connectivity index (χ0) is 26.5. The first-order valence-corrected chi connectivity index (χ1v) is 12.8. The lowest BCUT2D eigenvalue weighted by atomic mass is 10.1. The Morgan fingerprint density at radius 2 is 2.00 bits per heavy atom. The quantitative estimate of drug-likeness (QED) is 0.139. The molecule has 0 aliphatic carbocycles. The lowest BCUT2D eigenvalue weighted by molar-refractivity contribution is -0.330. The number of anilines is 3. The zero-order valence-corrected chi connectivity index (χ0v) is 21.6. The predicted molar refractivity (Wildman–Crippen MR) is 148 cm³/mol. The molecule has 1 aliphatic heterocycles. The standard InChI is InChI=1S/C29H31N6O3/c1-30-15-16-31-29-32-23-10-7-12-25(27(23)33-29)35(19-36)28(37)22-14-13-21(18-26(22)38-2)34-17-6-5-9-20-8-3-4-11-24(20)34/h3-4,7-8,10-14,18,30H,5-6,9,15-17H2,1-2H3,(H2,31,32,33)/q+1. The fourth-order valence-electron chi connectivity index (χ4n) is 4.89. The number of nitrogens with zero attached hydrogens (tertiary/aromatic N) is 3. The average Bonchev–Trinajstić information content (AvgIpc) is 3.25. The Balaban J connectivity index is 1.49. The number of ether oxygens (including phenoxy) is 1. The number of aromatic nitrogens is 2. The molecule has 2 heterocycles. The van der Waals surface area contributed by atoms with Crippen LogP contribution in [0.5, 0.6) is 5.75 Å². The van der Waals surface area contributed by atoms with E-state index in [4.69, 9.17) is 4.74 Å². The van der Waals surface area contributed by atoms with Gasteiger partial charge in [-0.1, -0.05) is 24.3 Å². The van der Waals surface area contributed by atoms with Crippen molar-refractivity contribution in [3.8, 4) is 5.75 Å². The average molecular weight is 512 g/mol. The summed E-state index contributed by atoms with van der Waals surface area (Å²) in [6.07, 6.45) is 5.02. The third kappa shape index (κ3) is 4.89. The van der Waals surface area contributed by atoms with Gasteiger partial charge in [-0.05, 0) is 60.7 Å². The summed E-state index contributed by atoms with van der Waals surface area (Å²) < 4.78 is 6.61. The van der Waals surface area contributed by atoms with Crippen LogP contribution in [0, 0.1) is 0 Å². The molecule has 5 rings (SSSR count). The number of H-pyrrole nitrogens is 1. The van der Waals surface area contributed by atoms with Crippen LogP contribution in [0.25, 0.3) is 11.0 Å². The fourth-order valence-corrected chi connectivity index (χ4v) is 4.89. The highest BCUT2D eigenvalue weighted by molar-refractivity contribution is 5.97. The first kappa shape index (κ1) is 25.2. The van der Waals surface area contributed by atoms with Crippen LogP contribution in [0.4, 0.5) is 23.0 Å². The van der Waals surface area contributed by atoms with E-state index >= 15 is 0 Å². The highest BCUT2D eigenvalue weighted by Crippen LogP contribution is 2.36. The molecule has 0 unspecified atom stereocenters. The van der Waals surface area contributed by atoms with Crippen molar-refractivity contribution in [2.45, 2.75) is 19.3 Å². The molecule has 0 radical (unpaired) electrons.